The number of para-hydroxylation sites is 1. The van der Waals surface area contributed by atoms with E-state index in [4.69, 9.17) is 4.74 Å². The Morgan fingerprint density at radius 1 is 1.20 bits per heavy atom. The lowest BCUT2D eigenvalue weighted by Crippen LogP contribution is -2.30. The molecule has 0 radical (unpaired) electrons. The van der Waals surface area contributed by atoms with Gasteiger partial charge in [0.25, 0.3) is 5.56 Å². The minimum Gasteiger partial charge on any atom is -0.494 e. The first kappa shape index (κ1) is 21.9. The lowest BCUT2D eigenvalue weighted by atomic mass is 10.1. The number of aromatic nitrogens is 2. The molecule has 0 saturated heterocycles. The molecule has 0 aliphatic rings. The summed E-state index contributed by atoms with van der Waals surface area (Å²) < 4.78 is 6.63. The molecular formula is C23H26N2O4S. The van der Waals surface area contributed by atoms with E-state index in [1.54, 1.807) is 17.6 Å². The Bertz CT molecular complexity index is 1090. The number of rotatable bonds is 9. The smallest absolute Gasteiger partial charge is 0.319 e. The van der Waals surface area contributed by atoms with Gasteiger partial charge in [0.15, 0.2) is 0 Å². The van der Waals surface area contributed by atoms with Crippen LogP contribution in [0.1, 0.15) is 32.5 Å². The number of hydrogen-bond donors (Lipinski definition) is 1. The zero-order valence-corrected chi connectivity index (χ0v) is 18.2. The molecule has 1 atom stereocenters. The summed E-state index contributed by atoms with van der Waals surface area (Å²) in [6, 6.07) is 14.8. The van der Waals surface area contributed by atoms with Crippen LogP contribution in [-0.2, 0) is 11.3 Å². The average Bonchev–Trinajstić information content (AvgIpc) is 2.74. The summed E-state index contributed by atoms with van der Waals surface area (Å²) in [4.78, 5) is 29.5. The van der Waals surface area contributed by atoms with Crippen LogP contribution >= 0.6 is 11.8 Å². The Hall–Kier alpha value is -2.80. The first-order valence-corrected chi connectivity index (χ1v) is 10.8. The third kappa shape index (κ3) is 4.84. The molecule has 0 aliphatic carbocycles. The van der Waals surface area contributed by atoms with Crippen molar-refractivity contribution in [3.63, 3.8) is 0 Å². The SMILES string of the molecule is CCC(C)(Sc1ccc(OCCCn2c(C)nc3ccccc3c2=O)cc1)C(=O)O. The number of fused-ring (bicyclic) bond motifs is 1. The van der Waals surface area contributed by atoms with E-state index >= 15 is 0 Å². The van der Waals surface area contributed by atoms with Crippen LogP contribution in [0.5, 0.6) is 5.75 Å². The van der Waals surface area contributed by atoms with E-state index in [0.29, 0.717) is 48.5 Å². The maximum absolute atomic E-state index is 12.7. The quantitative estimate of drug-likeness (QED) is 0.400. The Labute approximate surface area is 179 Å². The third-order valence-electron chi connectivity index (χ3n) is 5.14. The Balaban J connectivity index is 1.57. The lowest BCUT2D eigenvalue weighted by Gasteiger charge is -2.22. The minimum atomic E-state index is -0.846. The summed E-state index contributed by atoms with van der Waals surface area (Å²) in [5.41, 5.74) is 0.685. The second kappa shape index (κ2) is 9.34. The maximum Gasteiger partial charge on any atom is 0.319 e. The van der Waals surface area contributed by atoms with Gasteiger partial charge in [0.05, 0.1) is 17.5 Å². The highest BCUT2D eigenvalue weighted by Crippen LogP contribution is 2.36. The summed E-state index contributed by atoms with van der Waals surface area (Å²) in [5.74, 6) is 0.593. The molecule has 3 rings (SSSR count). The van der Waals surface area contributed by atoms with E-state index in [-0.39, 0.29) is 5.56 Å². The van der Waals surface area contributed by atoms with Crippen molar-refractivity contribution in [2.75, 3.05) is 6.61 Å². The molecule has 1 unspecified atom stereocenters. The number of aliphatic carboxylic acids is 1. The number of nitrogens with zero attached hydrogens (tertiary/aromatic N) is 2. The molecule has 0 spiro atoms. The lowest BCUT2D eigenvalue weighted by molar-refractivity contribution is -0.139. The van der Waals surface area contributed by atoms with Gasteiger partial charge in [0, 0.05) is 11.4 Å². The molecule has 0 bridgehead atoms. The van der Waals surface area contributed by atoms with E-state index in [9.17, 15) is 14.7 Å². The summed E-state index contributed by atoms with van der Waals surface area (Å²) in [6.07, 6.45) is 1.21. The summed E-state index contributed by atoms with van der Waals surface area (Å²) in [6.45, 7) is 6.44. The molecule has 30 heavy (non-hydrogen) atoms. The van der Waals surface area contributed by atoms with E-state index in [2.05, 4.69) is 4.98 Å². The number of benzene rings is 2. The Morgan fingerprint density at radius 3 is 2.57 bits per heavy atom. The molecule has 1 aromatic heterocycles. The fourth-order valence-corrected chi connectivity index (χ4v) is 4.11. The molecule has 0 amide bonds. The number of hydrogen-bond acceptors (Lipinski definition) is 5. The first-order chi connectivity index (χ1) is 14.3. The zero-order chi connectivity index (χ0) is 21.7. The van der Waals surface area contributed by atoms with Crippen molar-refractivity contribution in [1.82, 2.24) is 9.55 Å². The van der Waals surface area contributed by atoms with Gasteiger partial charge < -0.3 is 9.84 Å². The van der Waals surface area contributed by atoms with Crippen molar-refractivity contribution >= 4 is 28.6 Å². The summed E-state index contributed by atoms with van der Waals surface area (Å²) in [5, 5.41) is 10.0. The van der Waals surface area contributed by atoms with Crippen LogP contribution < -0.4 is 10.3 Å². The van der Waals surface area contributed by atoms with Gasteiger partial charge in [-0.3, -0.25) is 14.2 Å². The van der Waals surface area contributed by atoms with Crippen molar-refractivity contribution in [3.05, 3.63) is 64.7 Å². The van der Waals surface area contributed by atoms with Crippen LogP contribution in [0.15, 0.2) is 58.2 Å². The molecule has 0 aliphatic heterocycles. The predicted octanol–water partition coefficient (Wildman–Crippen LogP) is 4.52. The third-order valence-corrected chi connectivity index (χ3v) is 6.56. The molecule has 6 nitrogen and oxygen atoms in total. The van der Waals surface area contributed by atoms with Gasteiger partial charge in [0.2, 0.25) is 0 Å². The highest BCUT2D eigenvalue weighted by molar-refractivity contribution is 8.01. The van der Waals surface area contributed by atoms with Crippen LogP contribution in [0.4, 0.5) is 0 Å². The van der Waals surface area contributed by atoms with Crippen LogP contribution in [0.25, 0.3) is 10.9 Å². The average molecular weight is 427 g/mol. The zero-order valence-electron chi connectivity index (χ0n) is 17.4. The summed E-state index contributed by atoms with van der Waals surface area (Å²) >= 11 is 1.34. The number of aryl methyl sites for hydroxylation is 1. The van der Waals surface area contributed by atoms with Gasteiger partial charge in [-0.05, 0) is 63.1 Å². The van der Waals surface area contributed by atoms with E-state index in [0.717, 1.165) is 4.90 Å². The molecule has 7 heteroatoms. The molecule has 3 aromatic rings. The highest BCUT2D eigenvalue weighted by atomic mass is 32.2. The van der Waals surface area contributed by atoms with Crippen molar-refractivity contribution in [1.29, 1.82) is 0 Å². The molecule has 1 N–H and O–H groups in total. The molecular weight excluding hydrogens is 400 g/mol. The molecule has 0 fully saturated rings. The Kier molecular flexibility index (Phi) is 6.82. The maximum atomic E-state index is 12.7. The van der Waals surface area contributed by atoms with Crippen molar-refractivity contribution in [3.8, 4) is 5.75 Å². The standard InChI is InChI=1S/C23H26N2O4S/c1-4-23(3,22(27)28)30-18-12-10-17(11-13-18)29-15-7-14-25-16(2)24-20-9-6-5-8-19(20)21(25)26/h5-6,8-13H,4,7,14-15H2,1-3H3,(H,27,28). The van der Waals surface area contributed by atoms with Gasteiger partial charge in [-0.15, -0.1) is 11.8 Å². The van der Waals surface area contributed by atoms with Crippen molar-refractivity contribution in [2.45, 2.75) is 49.8 Å². The number of carboxylic acids is 1. The minimum absolute atomic E-state index is 0.0307. The van der Waals surface area contributed by atoms with Crippen LogP contribution in [0.2, 0.25) is 0 Å². The van der Waals surface area contributed by atoms with Crippen LogP contribution in [0, 0.1) is 6.92 Å². The first-order valence-electron chi connectivity index (χ1n) is 9.95. The van der Waals surface area contributed by atoms with Crippen LogP contribution in [-0.4, -0.2) is 32.0 Å². The summed E-state index contributed by atoms with van der Waals surface area (Å²) in [7, 11) is 0. The molecule has 0 saturated carbocycles. The van der Waals surface area contributed by atoms with Crippen molar-refractivity contribution < 1.29 is 14.6 Å². The van der Waals surface area contributed by atoms with Gasteiger partial charge in [-0.1, -0.05) is 19.1 Å². The fourth-order valence-electron chi connectivity index (χ4n) is 3.09. The largest absolute Gasteiger partial charge is 0.494 e. The number of ether oxygens (including phenoxy) is 1. The molecule has 2 aromatic carbocycles. The monoisotopic (exact) mass is 426 g/mol. The number of thioether (sulfide) groups is 1. The Morgan fingerprint density at radius 2 is 1.90 bits per heavy atom. The van der Waals surface area contributed by atoms with Gasteiger partial charge >= 0.3 is 5.97 Å². The van der Waals surface area contributed by atoms with Crippen molar-refractivity contribution in [2.24, 2.45) is 0 Å². The number of carboxylic acid groups (broad SMARTS) is 1. The molecule has 158 valence electrons. The predicted molar refractivity (Wildman–Crippen MR) is 119 cm³/mol. The highest BCUT2D eigenvalue weighted by Gasteiger charge is 2.32. The van der Waals surface area contributed by atoms with Gasteiger partial charge in [-0.25, -0.2) is 4.98 Å². The van der Waals surface area contributed by atoms with E-state index < -0.39 is 10.7 Å². The van der Waals surface area contributed by atoms with E-state index in [1.807, 2.05) is 56.3 Å². The second-order valence-electron chi connectivity index (χ2n) is 7.30. The van der Waals surface area contributed by atoms with Gasteiger partial charge in [-0.2, -0.15) is 0 Å². The number of carbonyl (C=O) groups is 1. The molecule has 1 heterocycles. The van der Waals surface area contributed by atoms with E-state index in [1.165, 1.54) is 11.8 Å². The topological polar surface area (TPSA) is 81.4 Å². The van der Waals surface area contributed by atoms with Crippen LogP contribution in [0.3, 0.4) is 0 Å². The fraction of sp³-hybridized carbons (Fsp3) is 0.348. The second-order valence-corrected chi connectivity index (χ2v) is 8.87. The van der Waals surface area contributed by atoms with Gasteiger partial charge in [0.1, 0.15) is 16.3 Å². The normalized spacial score (nSPS) is 13.2.